The predicted molar refractivity (Wildman–Crippen MR) is 45.5 cm³/mol. The summed E-state index contributed by atoms with van der Waals surface area (Å²) in [4.78, 5) is 10.4. The van der Waals surface area contributed by atoms with E-state index in [1.165, 1.54) is 12.1 Å². The van der Waals surface area contributed by atoms with E-state index in [-0.39, 0.29) is 5.82 Å². The minimum Gasteiger partial charge on any atom is -0.442 e. The first-order valence-electron chi connectivity index (χ1n) is 3.81. The number of nitrogens with two attached hydrogens (primary N) is 1. The molecule has 3 nitrogen and oxygen atoms in total. The third kappa shape index (κ3) is 2.74. The quantitative estimate of drug-likeness (QED) is 0.762. The SMILES string of the molecule is C[C@@H](OC(N)=O)c1cccc(F)c1. The molecule has 0 bridgehead atoms. The Morgan fingerprint density at radius 3 is 2.85 bits per heavy atom. The largest absolute Gasteiger partial charge is 0.442 e. The molecule has 0 aliphatic heterocycles. The van der Waals surface area contributed by atoms with Gasteiger partial charge in [0.15, 0.2) is 0 Å². The minimum absolute atomic E-state index is 0.363. The summed E-state index contributed by atoms with van der Waals surface area (Å²) in [7, 11) is 0. The Hall–Kier alpha value is -1.58. The van der Waals surface area contributed by atoms with Gasteiger partial charge < -0.3 is 10.5 Å². The molecule has 0 aliphatic rings. The fraction of sp³-hybridized carbons (Fsp3) is 0.222. The van der Waals surface area contributed by atoms with Crippen LogP contribution in [0, 0.1) is 5.82 Å². The van der Waals surface area contributed by atoms with Gasteiger partial charge in [0, 0.05) is 0 Å². The van der Waals surface area contributed by atoms with Gasteiger partial charge in [-0.2, -0.15) is 0 Å². The van der Waals surface area contributed by atoms with E-state index in [0.717, 1.165) is 0 Å². The van der Waals surface area contributed by atoms with Gasteiger partial charge >= 0.3 is 6.09 Å². The summed E-state index contributed by atoms with van der Waals surface area (Å²) in [5.41, 5.74) is 5.40. The maximum absolute atomic E-state index is 12.7. The van der Waals surface area contributed by atoms with Crippen LogP contribution in [-0.4, -0.2) is 6.09 Å². The molecule has 0 radical (unpaired) electrons. The van der Waals surface area contributed by atoms with E-state index in [1.54, 1.807) is 19.1 Å². The molecule has 0 fully saturated rings. The summed E-state index contributed by atoms with van der Waals surface area (Å²) < 4.78 is 17.4. The van der Waals surface area contributed by atoms with Crippen molar-refractivity contribution in [3.05, 3.63) is 35.6 Å². The first-order valence-corrected chi connectivity index (χ1v) is 3.81. The summed E-state index contributed by atoms with van der Waals surface area (Å²) in [5.74, 6) is -0.363. The molecule has 13 heavy (non-hydrogen) atoms. The van der Waals surface area contributed by atoms with Gasteiger partial charge in [0.1, 0.15) is 11.9 Å². The summed E-state index contributed by atoms with van der Waals surface area (Å²) in [6.45, 7) is 1.62. The van der Waals surface area contributed by atoms with Gasteiger partial charge in [-0.15, -0.1) is 0 Å². The van der Waals surface area contributed by atoms with Crippen LogP contribution in [0.25, 0.3) is 0 Å². The highest BCUT2D eigenvalue weighted by molar-refractivity contribution is 5.64. The van der Waals surface area contributed by atoms with Crippen molar-refractivity contribution >= 4 is 6.09 Å². The van der Waals surface area contributed by atoms with Crippen LogP contribution in [-0.2, 0) is 4.74 Å². The number of halogens is 1. The molecule has 0 unspecified atom stereocenters. The molecule has 1 aromatic carbocycles. The van der Waals surface area contributed by atoms with Crippen LogP contribution in [0.5, 0.6) is 0 Å². The predicted octanol–water partition coefficient (Wildman–Crippen LogP) is 1.98. The lowest BCUT2D eigenvalue weighted by atomic mass is 10.1. The van der Waals surface area contributed by atoms with Crippen LogP contribution < -0.4 is 5.73 Å². The van der Waals surface area contributed by atoms with Crippen molar-refractivity contribution in [1.29, 1.82) is 0 Å². The summed E-state index contributed by atoms with van der Waals surface area (Å²) in [6, 6.07) is 5.83. The Labute approximate surface area is 75.3 Å². The molecule has 2 N–H and O–H groups in total. The number of amides is 1. The highest BCUT2D eigenvalue weighted by Crippen LogP contribution is 2.16. The molecule has 0 aromatic heterocycles. The Balaban J connectivity index is 2.76. The topological polar surface area (TPSA) is 52.3 Å². The smallest absolute Gasteiger partial charge is 0.405 e. The Kier molecular flexibility index (Phi) is 2.84. The second-order valence-electron chi connectivity index (χ2n) is 2.63. The van der Waals surface area contributed by atoms with E-state index in [0.29, 0.717) is 5.56 Å². The van der Waals surface area contributed by atoms with Crippen molar-refractivity contribution < 1.29 is 13.9 Å². The molecule has 0 aliphatic carbocycles. The molecule has 0 saturated carbocycles. The summed E-state index contributed by atoms with van der Waals surface area (Å²) in [6.07, 6.45) is -1.38. The average Bonchev–Trinajstić information content (AvgIpc) is 2.03. The number of hydrogen-bond acceptors (Lipinski definition) is 2. The maximum Gasteiger partial charge on any atom is 0.405 e. The molecule has 0 spiro atoms. The van der Waals surface area contributed by atoms with Gasteiger partial charge in [0.25, 0.3) is 0 Å². The molecule has 1 rings (SSSR count). The molecular formula is C9H10FNO2. The Morgan fingerprint density at radius 2 is 2.31 bits per heavy atom. The zero-order chi connectivity index (χ0) is 9.84. The standard InChI is InChI=1S/C9H10FNO2/c1-6(13-9(11)12)7-3-2-4-8(10)5-7/h2-6H,1H3,(H2,11,12)/t6-/m1/s1. The number of benzene rings is 1. The first kappa shape index (κ1) is 9.51. The summed E-state index contributed by atoms with van der Waals surface area (Å²) in [5, 5.41) is 0. The van der Waals surface area contributed by atoms with E-state index < -0.39 is 12.2 Å². The van der Waals surface area contributed by atoms with E-state index >= 15 is 0 Å². The van der Waals surface area contributed by atoms with E-state index in [9.17, 15) is 9.18 Å². The number of rotatable bonds is 2. The zero-order valence-corrected chi connectivity index (χ0v) is 7.16. The average molecular weight is 183 g/mol. The highest BCUT2D eigenvalue weighted by Gasteiger charge is 2.08. The number of hydrogen-bond donors (Lipinski definition) is 1. The number of carbonyl (C=O) groups excluding carboxylic acids is 1. The summed E-state index contributed by atoms with van der Waals surface area (Å²) >= 11 is 0. The molecule has 1 amide bonds. The van der Waals surface area contributed by atoms with Crippen molar-refractivity contribution in [1.82, 2.24) is 0 Å². The van der Waals surface area contributed by atoms with E-state index in [4.69, 9.17) is 5.73 Å². The Morgan fingerprint density at radius 1 is 1.62 bits per heavy atom. The molecule has 0 heterocycles. The van der Waals surface area contributed by atoms with Gasteiger partial charge in [-0.1, -0.05) is 12.1 Å². The van der Waals surface area contributed by atoms with Gasteiger partial charge in [-0.3, -0.25) is 0 Å². The molecule has 4 heteroatoms. The minimum atomic E-state index is -0.864. The lowest BCUT2D eigenvalue weighted by molar-refractivity contribution is 0.116. The van der Waals surface area contributed by atoms with Crippen molar-refractivity contribution in [3.63, 3.8) is 0 Å². The normalized spacial score (nSPS) is 12.2. The lowest BCUT2D eigenvalue weighted by Crippen LogP contribution is -2.15. The highest BCUT2D eigenvalue weighted by atomic mass is 19.1. The number of ether oxygens (including phenoxy) is 1. The fourth-order valence-electron chi connectivity index (χ4n) is 1.00. The van der Waals surface area contributed by atoms with E-state index in [1.807, 2.05) is 0 Å². The molecular weight excluding hydrogens is 173 g/mol. The van der Waals surface area contributed by atoms with Gasteiger partial charge in [-0.05, 0) is 24.6 Å². The van der Waals surface area contributed by atoms with Crippen molar-refractivity contribution in [2.24, 2.45) is 5.73 Å². The molecule has 70 valence electrons. The van der Waals surface area contributed by atoms with Gasteiger partial charge in [0.2, 0.25) is 0 Å². The lowest BCUT2D eigenvalue weighted by Gasteiger charge is -2.10. The van der Waals surface area contributed by atoms with Crippen LogP contribution in [0.4, 0.5) is 9.18 Å². The third-order valence-corrected chi connectivity index (χ3v) is 1.61. The van der Waals surface area contributed by atoms with Crippen molar-refractivity contribution in [2.45, 2.75) is 13.0 Å². The van der Waals surface area contributed by atoms with Gasteiger partial charge in [-0.25, -0.2) is 9.18 Å². The molecule has 1 atom stereocenters. The maximum atomic E-state index is 12.7. The second kappa shape index (κ2) is 3.89. The van der Waals surface area contributed by atoms with Crippen LogP contribution in [0.1, 0.15) is 18.6 Å². The monoisotopic (exact) mass is 183 g/mol. The van der Waals surface area contributed by atoms with Crippen LogP contribution >= 0.6 is 0 Å². The molecule has 1 aromatic rings. The van der Waals surface area contributed by atoms with Crippen LogP contribution in [0.2, 0.25) is 0 Å². The first-order chi connectivity index (χ1) is 6.09. The number of primary amides is 1. The van der Waals surface area contributed by atoms with E-state index in [2.05, 4.69) is 4.74 Å². The fourth-order valence-corrected chi connectivity index (χ4v) is 1.00. The van der Waals surface area contributed by atoms with Crippen LogP contribution in [0.3, 0.4) is 0 Å². The van der Waals surface area contributed by atoms with Crippen molar-refractivity contribution in [3.8, 4) is 0 Å². The van der Waals surface area contributed by atoms with Crippen LogP contribution in [0.15, 0.2) is 24.3 Å². The molecule has 0 saturated heterocycles. The third-order valence-electron chi connectivity index (χ3n) is 1.61. The second-order valence-corrected chi connectivity index (χ2v) is 2.63. The van der Waals surface area contributed by atoms with Crippen molar-refractivity contribution in [2.75, 3.05) is 0 Å². The Bertz CT molecular complexity index is 314. The number of carbonyl (C=O) groups is 1. The van der Waals surface area contributed by atoms with Gasteiger partial charge in [0.05, 0.1) is 0 Å². The zero-order valence-electron chi connectivity index (χ0n) is 7.16.